The van der Waals surface area contributed by atoms with Crippen LogP contribution >= 0.6 is 0 Å². The van der Waals surface area contributed by atoms with Crippen LogP contribution in [0.15, 0.2) is 18.3 Å². The highest BCUT2D eigenvalue weighted by atomic mass is 16.5. The zero-order chi connectivity index (χ0) is 15.4. The number of hydrogen-bond acceptors (Lipinski definition) is 4. The summed E-state index contributed by atoms with van der Waals surface area (Å²) in [6, 6.07) is 2.64. The predicted molar refractivity (Wildman–Crippen MR) is 72.8 cm³/mol. The molecule has 21 heavy (non-hydrogen) atoms. The van der Waals surface area contributed by atoms with Crippen molar-refractivity contribution in [1.82, 2.24) is 9.88 Å². The number of rotatable bonds is 7. The molecule has 1 saturated carbocycles. The van der Waals surface area contributed by atoms with Crippen LogP contribution in [0.25, 0.3) is 0 Å². The van der Waals surface area contributed by atoms with Gasteiger partial charge in [-0.25, -0.2) is 4.79 Å². The molecule has 0 bridgehead atoms. The summed E-state index contributed by atoms with van der Waals surface area (Å²) >= 11 is 0. The molecule has 1 aliphatic carbocycles. The number of ether oxygens (including phenoxy) is 1. The van der Waals surface area contributed by atoms with E-state index in [0.717, 1.165) is 12.8 Å². The van der Waals surface area contributed by atoms with Gasteiger partial charge in [0.2, 0.25) is 0 Å². The molecule has 0 saturated heterocycles. The average molecular weight is 294 g/mol. The number of nitrogens with one attached hydrogen (secondary N) is 1. The Bertz CT molecular complexity index is 547. The van der Waals surface area contributed by atoms with Crippen LogP contribution < -0.4 is 5.32 Å². The van der Waals surface area contributed by atoms with Gasteiger partial charge in [0.15, 0.2) is 0 Å². The first-order valence-electron chi connectivity index (χ1n) is 6.80. The van der Waals surface area contributed by atoms with Gasteiger partial charge in [-0.3, -0.25) is 9.59 Å². The minimum absolute atomic E-state index is 0.00210. The van der Waals surface area contributed by atoms with Crippen LogP contribution in [0.3, 0.4) is 0 Å². The van der Waals surface area contributed by atoms with Crippen molar-refractivity contribution in [3.05, 3.63) is 24.0 Å². The highest BCUT2D eigenvalue weighted by Gasteiger charge is 2.28. The molecule has 7 heteroatoms. The van der Waals surface area contributed by atoms with Crippen molar-refractivity contribution < 1.29 is 24.2 Å². The van der Waals surface area contributed by atoms with E-state index >= 15 is 0 Å². The van der Waals surface area contributed by atoms with Gasteiger partial charge in [0, 0.05) is 18.7 Å². The van der Waals surface area contributed by atoms with Crippen molar-refractivity contribution in [3.8, 4) is 0 Å². The smallest absolute Gasteiger partial charge is 0.326 e. The third-order valence-electron chi connectivity index (χ3n) is 3.42. The first-order chi connectivity index (χ1) is 10.0. The number of esters is 1. The fourth-order valence-corrected chi connectivity index (χ4v) is 2.11. The molecule has 0 aromatic carbocycles. The van der Waals surface area contributed by atoms with Gasteiger partial charge in [0.1, 0.15) is 11.7 Å². The zero-order valence-corrected chi connectivity index (χ0v) is 11.7. The summed E-state index contributed by atoms with van der Waals surface area (Å²) in [5.74, 6) is -2.11. The summed E-state index contributed by atoms with van der Waals surface area (Å²) in [6.07, 6.45) is 3.81. The van der Waals surface area contributed by atoms with Crippen molar-refractivity contribution in [2.24, 2.45) is 0 Å². The van der Waals surface area contributed by atoms with E-state index in [9.17, 15) is 14.4 Å². The number of methoxy groups -OCH3 is 1. The maximum atomic E-state index is 12.2. The van der Waals surface area contributed by atoms with Crippen molar-refractivity contribution in [2.75, 3.05) is 7.11 Å². The summed E-state index contributed by atoms with van der Waals surface area (Å²) in [4.78, 5) is 34.4. The molecule has 1 fully saturated rings. The molecule has 1 aromatic heterocycles. The molecular formula is C14H18N2O5. The second-order valence-electron chi connectivity index (χ2n) is 5.01. The Morgan fingerprint density at radius 1 is 1.48 bits per heavy atom. The van der Waals surface area contributed by atoms with E-state index in [2.05, 4.69) is 10.1 Å². The third kappa shape index (κ3) is 3.84. The Kier molecular flexibility index (Phi) is 4.62. The monoisotopic (exact) mass is 294 g/mol. The molecule has 1 heterocycles. The summed E-state index contributed by atoms with van der Waals surface area (Å²) < 4.78 is 6.32. The summed E-state index contributed by atoms with van der Waals surface area (Å²) in [5.41, 5.74) is 0.446. The molecule has 114 valence electrons. The van der Waals surface area contributed by atoms with Crippen LogP contribution in [0.2, 0.25) is 0 Å². The zero-order valence-electron chi connectivity index (χ0n) is 11.7. The highest BCUT2D eigenvalue weighted by Crippen LogP contribution is 2.35. The molecule has 1 aliphatic rings. The van der Waals surface area contributed by atoms with Crippen LogP contribution in [-0.2, 0) is 14.3 Å². The van der Waals surface area contributed by atoms with E-state index in [1.54, 1.807) is 12.1 Å². The van der Waals surface area contributed by atoms with Gasteiger partial charge >= 0.3 is 11.9 Å². The van der Waals surface area contributed by atoms with Crippen molar-refractivity contribution in [3.63, 3.8) is 0 Å². The minimum atomic E-state index is -1.17. The van der Waals surface area contributed by atoms with Crippen molar-refractivity contribution in [2.45, 2.75) is 37.8 Å². The maximum absolute atomic E-state index is 12.2. The number of hydrogen-bond donors (Lipinski definition) is 2. The van der Waals surface area contributed by atoms with E-state index in [1.165, 1.54) is 7.11 Å². The summed E-state index contributed by atoms with van der Waals surface area (Å²) in [5, 5.41) is 11.6. The molecule has 2 N–H and O–H groups in total. The number of carbonyl (C=O) groups is 3. The van der Waals surface area contributed by atoms with Crippen LogP contribution in [-0.4, -0.2) is 40.7 Å². The molecule has 0 spiro atoms. The van der Waals surface area contributed by atoms with E-state index in [-0.39, 0.29) is 12.8 Å². The van der Waals surface area contributed by atoms with Crippen LogP contribution in [0.1, 0.15) is 42.2 Å². The quantitative estimate of drug-likeness (QED) is 0.730. The van der Waals surface area contributed by atoms with Crippen molar-refractivity contribution in [1.29, 1.82) is 0 Å². The second kappa shape index (κ2) is 6.43. The number of nitrogens with zero attached hydrogens (tertiary/aromatic N) is 1. The Balaban J connectivity index is 1.98. The Hall–Kier alpha value is -2.31. The average Bonchev–Trinajstić information content (AvgIpc) is 3.19. The number of carbonyl (C=O) groups excluding carboxylic acids is 2. The Labute approximate surface area is 121 Å². The molecule has 1 atom stereocenters. The van der Waals surface area contributed by atoms with E-state index in [4.69, 9.17) is 5.11 Å². The molecule has 1 aromatic rings. The van der Waals surface area contributed by atoms with Gasteiger partial charge in [-0.1, -0.05) is 0 Å². The Morgan fingerprint density at radius 3 is 2.76 bits per heavy atom. The molecule has 1 amide bonds. The Morgan fingerprint density at radius 2 is 2.19 bits per heavy atom. The topological polar surface area (TPSA) is 97.6 Å². The lowest BCUT2D eigenvalue weighted by Crippen LogP contribution is -2.41. The van der Waals surface area contributed by atoms with E-state index < -0.39 is 23.9 Å². The van der Waals surface area contributed by atoms with Gasteiger partial charge in [-0.2, -0.15) is 0 Å². The van der Waals surface area contributed by atoms with Gasteiger partial charge < -0.3 is 19.7 Å². The number of aliphatic carboxylic acids is 1. The van der Waals surface area contributed by atoms with Crippen LogP contribution in [0.5, 0.6) is 0 Å². The normalized spacial score (nSPS) is 15.3. The first-order valence-corrected chi connectivity index (χ1v) is 6.80. The van der Waals surface area contributed by atoms with Gasteiger partial charge in [0.25, 0.3) is 5.91 Å². The van der Waals surface area contributed by atoms with Gasteiger partial charge in [-0.15, -0.1) is 0 Å². The number of carboxylic acid groups (broad SMARTS) is 1. The molecule has 0 unspecified atom stereocenters. The molecule has 7 nitrogen and oxygen atoms in total. The summed E-state index contributed by atoms with van der Waals surface area (Å²) in [6.45, 7) is 0. The third-order valence-corrected chi connectivity index (χ3v) is 3.42. The fraction of sp³-hybridized carbons (Fsp3) is 0.500. The molecular weight excluding hydrogens is 276 g/mol. The standard InChI is InChI=1S/C14H18N2O5/c1-21-12(17)7-6-10(14(19)20)15-13(18)11-3-2-8-16(11)9-4-5-9/h2-3,8-10H,4-7H2,1H3,(H,15,18)(H,19,20)/t10-/m0/s1. The van der Waals surface area contributed by atoms with Crippen molar-refractivity contribution >= 4 is 17.8 Å². The van der Waals surface area contributed by atoms with Gasteiger partial charge in [0.05, 0.1) is 7.11 Å². The molecule has 0 radical (unpaired) electrons. The largest absolute Gasteiger partial charge is 0.480 e. The maximum Gasteiger partial charge on any atom is 0.326 e. The number of carboxylic acids is 1. The van der Waals surface area contributed by atoms with E-state index in [1.807, 2.05) is 10.8 Å². The summed E-state index contributed by atoms with van der Waals surface area (Å²) in [7, 11) is 1.24. The van der Waals surface area contributed by atoms with E-state index in [0.29, 0.717) is 11.7 Å². The first kappa shape index (κ1) is 15.1. The number of amides is 1. The molecule has 2 rings (SSSR count). The van der Waals surface area contributed by atoms with Gasteiger partial charge in [-0.05, 0) is 31.4 Å². The fourth-order valence-electron chi connectivity index (χ4n) is 2.11. The minimum Gasteiger partial charge on any atom is -0.480 e. The number of aromatic nitrogens is 1. The molecule has 0 aliphatic heterocycles. The lowest BCUT2D eigenvalue weighted by molar-refractivity contribution is -0.142. The SMILES string of the molecule is COC(=O)CC[C@H](NC(=O)c1cccn1C1CC1)C(=O)O. The lowest BCUT2D eigenvalue weighted by Gasteiger charge is -2.15. The highest BCUT2D eigenvalue weighted by molar-refractivity contribution is 5.95. The predicted octanol–water partition coefficient (Wildman–Crippen LogP) is 0.959. The van der Waals surface area contributed by atoms with Crippen LogP contribution in [0, 0.1) is 0 Å². The lowest BCUT2D eigenvalue weighted by atomic mass is 10.1. The van der Waals surface area contributed by atoms with Crippen LogP contribution in [0.4, 0.5) is 0 Å². The second-order valence-corrected chi connectivity index (χ2v) is 5.01.